The zero-order valence-corrected chi connectivity index (χ0v) is 19.3. The Bertz CT molecular complexity index is 1330. The van der Waals surface area contributed by atoms with E-state index in [0.717, 1.165) is 24.8 Å². The number of carbonyl (C=O) groups is 1. The number of aromatic nitrogens is 3. The summed E-state index contributed by atoms with van der Waals surface area (Å²) >= 11 is 1.37. The molecule has 0 amide bonds. The van der Waals surface area contributed by atoms with Crippen LogP contribution in [0.2, 0.25) is 0 Å². The Morgan fingerprint density at radius 1 is 1.12 bits per heavy atom. The monoisotopic (exact) mass is 468 g/mol. The highest BCUT2D eigenvalue weighted by atomic mass is 32.2. The Morgan fingerprint density at radius 3 is 2.78 bits per heavy atom. The van der Waals surface area contributed by atoms with E-state index in [0.29, 0.717) is 33.9 Å². The summed E-state index contributed by atoms with van der Waals surface area (Å²) in [5.41, 5.74) is 2.86. The van der Waals surface area contributed by atoms with Crippen LogP contribution in [0.3, 0.4) is 0 Å². The number of nitrogens with one attached hydrogen (secondary N) is 1. The quantitative estimate of drug-likeness (QED) is 0.261. The predicted molar refractivity (Wildman–Crippen MR) is 128 cm³/mol. The van der Waals surface area contributed by atoms with Crippen molar-refractivity contribution in [1.29, 1.82) is 0 Å². The number of benzene rings is 1. The number of hydrogen-bond acceptors (Lipinski definition) is 6. The number of unbranched alkanes of at least 4 members (excludes halogenated alkanes) is 3. The second-order valence-electron chi connectivity index (χ2n) is 7.49. The fraction of sp³-hybridized carbons (Fsp3) is 0.261. The fourth-order valence-corrected chi connectivity index (χ4v) is 5.35. The Kier molecular flexibility index (Phi) is 6.66. The number of carbonyl (C=O) groups excluding carboxylic acids is 1. The molecule has 0 bridgehead atoms. The molecular weight excluding hydrogens is 444 g/mol. The minimum atomic E-state index is -3.42. The van der Waals surface area contributed by atoms with E-state index in [-0.39, 0.29) is 11.5 Å². The summed E-state index contributed by atoms with van der Waals surface area (Å²) in [5.74, 6) is -0.0198. The molecule has 0 saturated heterocycles. The molecule has 0 saturated carbocycles. The van der Waals surface area contributed by atoms with E-state index in [1.165, 1.54) is 17.5 Å². The first-order valence-corrected chi connectivity index (χ1v) is 13.0. The Labute approximate surface area is 191 Å². The van der Waals surface area contributed by atoms with E-state index in [1.54, 1.807) is 41.0 Å². The Morgan fingerprint density at radius 2 is 2.00 bits per heavy atom. The SMILES string of the molecule is CCCCCCS(=O)(=O)Nc1cccc(-c2ccnc3c(C(=O)c4cccs4)cnn23)c1. The van der Waals surface area contributed by atoms with Gasteiger partial charge in [0.25, 0.3) is 0 Å². The van der Waals surface area contributed by atoms with Crippen LogP contribution in [0.25, 0.3) is 16.9 Å². The van der Waals surface area contributed by atoms with Gasteiger partial charge in [-0.05, 0) is 36.1 Å². The molecule has 0 aliphatic heterocycles. The molecule has 0 aliphatic rings. The lowest BCUT2D eigenvalue weighted by atomic mass is 10.1. The fourth-order valence-electron chi connectivity index (χ4n) is 3.50. The van der Waals surface area contributed by atoms with Crippen molar-refractivity contribution >= 4 is 38.5 Å². The molecule has 32 heavy (non-hydrogen) atoms. The van der Waals surface area contributed by atoms with E-state index < -0.39 is 10.0 Å². The second-order valence-corrected chi connectivity index (χ2v) is 10.3. The van der Waals surface area contributed by atoms with E-state index in [9.17, 15) is 13.2 Å². The minimum Gasteiger partial charge on any atom is -0.287 e. The van der Waals surface area contributed by atoms with Gasteiger partial charge in [0.05, 0.1) is 28.1 Å². The number of fused-ring (bicyclic) bond motifs is 1. The van der Waals surface area contributed by atoms with Crippen molar-refractivity contribution in [2.75, 3.05) is 10.5 Å². The molecule has 3 aromatic heterocycles. The summed E-state index contributed by atoms with van der Waals surface area (Å²) in [6.45, 7) is 2.09. The molecule has 4 aromatic rings. The van der Waals surface area contributed by atoms with E-state index >= 15 is 0 Å². The third-order valence-corrected chi connectivity index (χ3v) is 7.33. The van der Waals surface area contributed by atoms with Gasteiger partial charge in [-0.25, -0.2) is 17.9 Å². The molecule has 0 atom stereocenters. The van der Waals surface area contributed by atoms with Gasteiger partial charge in [-0.3, -0.25) is 9.52 Å². The lowest BCUT2D eigenvalue weighted by Gasteiger charge is -2.10. The van der Waals surface area contributed by atoms with E-state index in [4.69, 9.17) is 0 Å². The average Bonchev–Trinajstić information content (AvgIpc) is 3.46. The lowest BCUT2D eigenvalue weighted by molar-refractivity contribution is 0.104. The number of rotatable bonds is 10. The van der Waals surface area contributed by atoms with Crippen LogP contribution in [0.1, 0.15) is 47.8 Å². The smallest absolute Gasteiger partial charge is 0.232 e. The van der Waals surface area contributed by atoms with Gasteiger partial charge in [-0.2, -0.15) is 5.10 Å². The molecule has 1 aromatic carbocycles. The highest BCUT2D eigenvalue weighted by Crippen LogP contribution is 2.26. The van der Waals surface area contributed by atoms with Crippen LogP contribution in [0.4, 0.5) is 5.69 Å². The van der Waals surface area contributed by atoms with Crippen LogP contribution >= 0.6 is 11.3 Å². The van der Waals surface area contributed by atoms with E-state index in [2.05, 4.69) is 21.7 Å². The molecule has 0 radical (unpaired) electrons. The molecule has 4 rings (SSSR count). The second kappa shape index (κ2) is 9.62. The first kappa shape index (κ1) is 22.2. The van der Waals surface area contributed by atoms with Crippen molar-refractivity contribution in [2.24, 2.45) is 0 Å². The van der Waals surface area contributed by atoms with Gasteiger partial charge in [0.15, 0.2) is 5.65 Å². The summed E-state index contributed by atoms with van der Waals surface area (Å²) in [6, 6.07) is 12.5. The Hall–Kier alpha value is -3.04. The third-order valence-electron chi connectivity index (χ3n) is 5.09. The maximum Gasteiger partial charge on any atom is 0.232 e. The predicted octanol–water partition coefficient (Wildman–Crippen LogP) is 5.01. The lowest BCUT2D eigenvalue weighted by Crippen LogP contribution is -2.16. The molecule has 7 nitrogen and oxygen atoms in total. The van der Waals surface area contributed by atoms with Crippen molar-refractivity contribution in [3.8, 4) is 11.3 Å². The zero-order chi connectivity index (χ0) is 22.6. The summed E-state index contributed by atoms with van der Waals surface area (Å²) in [5, 5.41) is 6.24. The average molecular weight is 469 g/mol. The van der Waals surface area contributed by atoms with Crippen LogP contribution in [0.5, 0.6) is 0 Å². The van der Waals surface area contributed by atoms with Gasteiger partial charge in [0.1, 0.15) is 0 Å². The van der Waals surface area contributed by atoms with Gasteiger partial charge in [0.2, 0.25) is 15.8 Å². The van der Waals surface area contributed by atoms with Crippen LogP contribution < -0.4 is 4.72 Å². The van der Waals surface area contributed by atoms with Crippen LogP contribution in [0.15, 0.2) is 60.2 Å². The maximum atomic E-state index is 12.8. The number of ketones is 1. The molecular formula is C23H24N4O3S2. The van der Waals surface area contributed by atoms with Crippen LogP contribution in [-0.4, -0.2) is 34.6 Å². The molecule has 0 spiro atoms. The molecule has 3 heterocycles. The van der Waals surface area contributed by atoms with Gasteiger partial charge >= 0.3 is 0 Å². The first-order valence-electron chi connectivity index (χ1n) is 10.5. The number of nitrogens with zero attached hydrogens (tertiary/aromatic N) is 3. The molecule has 0 aliphatic carbocycles. The number of anilines is 1. The largest absolute Gasteiger partial charge is 0.287 e. The van der Waals surface area contributed by atoms with Gasteiger partial charge in [0, 0.05) is 17.4 Å². The van der Waals surface area contributed by atoms with Gasteiger partial charge in [-0.15, -0.1) is 11.3 Å². The molecule has 1 N–H and O–H groups in total. The van der Waals surface area contributed by atoms with Crippen molar-refractivity contribution in [2.45, 2.75) is 32.6 Å². The van der Waals surface area contributed by atoms with Crippen molar-refractivity contribution in [1.82, 2.24) is 14.6 Å². The zero-order valence-electron chi connectivity index (χ0n) is 17.7. The summed E-state index contributed by atoms with van der Waals surface area (Å²) < 4.78 is 29.2. The molecule has 166 valence electrons. The number of sulfonamides is 1. The highest BCUT2D eigenvalue weighted by molar-refractivity contribution is 7.92. The topological polar surface area (TPSA) is 93.4 Å². The summed E-state index contributed by atoms with van der Waals surface area (Å²) in [6.07, 6.45) is 6.78. The Balaban J connectivity index is 1.61. The maximum absolute atomic E-state index is 12.8. The molecule has 0 fully saturated rings. The van der Waals surface area contributed by atoms with Crippen LogP contribution in [-0.2, 0) is 10.0 Å². The minimum absolute atomic E-state index is 0.101. The van der Waals surface area contributed by atoms with Crippen molar-refractivity contribution < 1.29 is 13.2 Å². The third kappa shape index (κ3) is 4.89. The van der Waals surface area contributed by atoms with Crippen LogP contribution in [0, 0.1) is 0 Å². The standard InChI is InChI=1S/C23H24N4O3S2/c1-2-3-4-5-14-32(29,30)26-18-9-6-8-17(15-18)20-11-12-24-23-19(16-25-27(20)23)22(28)21-10-7-13-31-21/h6-13,15-16,26H,2-5,14H2,1H3. The van der Waals surface area contributed by atoms with Gasteiger partial charge in [-0.1, -0.05) is 44.4 Å². The molecule has 9 heteroatoms. The van der Waals surface area contributed by atoms with E-state index in [1.807, 2.05) is 17.5 Å². The summed E-state index contributed by atoms with van der Waals surface area (Å²) in [7, 11) is -3.42. The van der Waals surface area contributed by atoms with Gasteiger partial charge < -0.3 is 0 Å². The normalized spacial score (nSPS) is 11.7. The highest BCUT2D eigenvalue weighted by Gasteiger charge is 2.19. The first-order chi connectivity index (χ1) is 15.5. The van der Waals surface area contributed by atoms with Crippen molar-refractivity contribution in [3.05, 3.63) is 70.7 Å². The number of thiophene rings is 1. The molecule has 0 unspecified atom stereocenters. The van der Waals surface area contributed by atoms with Crippen molar-refractivity contribution in [3.63, 3.8) is 0 Å². The number of hydrogen-bond donors (Lipinski definition) is 1. The summed E-state index contributed by atoms with van der Waals surface area (Å²) in [4.78, 5) is 17.8.